The van der Waals surface area contributed by atoms with Gasteiger partial charge in [0.1, 0.15) is 0 Å². The van der Waals surface area contributed by atoms with E-state index < -0.39 is 0 Å². The van der Waals surface area contributed by atoms with Crippen LogP contribution in [0.4, 0.5) is 0 Å². The highest BCUT2D eigenvalue weighted by Crippen LogP contribution is 2.28. The predicted molar refractivity (Wildman–Crippen MR) is 76.7 cm³/mol. The highest BCUT2D eigenvalue weighted by molar-refractivity contribution is 5.95. The lowest BCUT2D eigenvalue weighted by Crippen LogP contribution is -2.33. The smallest absolute Gasteiger partial charge is 0.254 e. The van der Waals surface area contributed by atoms with Crippen LogP contribution in [0.2, 0.25) is 0 Å². The van der Waals surface area contributed by atoms with Crippen LogP contribution in [0.5, 0.6) is 0 Å². The average molecular weight is 267 g/mol. The molecule has 1 aliphatic carbocycles. The van der Waals surface area contributed by atoms with Crippen molar-refractivity contribution in [1.82, 2.24) is 4.90 Å². The zero-order chi connectivity index (χ0) is 14.4. The second kappa shape index (κ2) is 6.75. The Hall–Kier alpha value is -2.30. The van der Waals surface area contributed by atoms with Gasteiger partial charge in [0.05, 0.1) is 19.0 Å². The van der Waals surface area contributed by atoms with Crippen LogP contribution in [0.25, 0.3) is 0 Å². The molecule has 1 fully saturated rings. The topological polar surface area (TPSA) is 70.1 Å². The SMILES string of the molecule is N#CCCN(C(=O)c1cccc(C#CCN)c1)C1CC1. The van der Waals surface area contributed by atoms with Gasteiger partial charge < -0.3 is 10.6 Å². The summed E-state index contributed by atoms with van der Waals surface area (Å²) in [6, 6.07) is 9.65. The molecule has 2 rings (SSSR count). The van der Waals surface area contributed by atoms with Crippen LogP contribution < -0.4 is 5.73 Å². The summed E-state index contributed by atoms with van der Waals surface area (Å²) in [6.07, 6.45) is 2.43. The molecule has 4 nitrogen and oxygen atoms in total. The summed E-state index contributed by atoms with van der Waals surface area (Å²) in [6.45, 7) is 0.799. The van der Waals surface area contributed by atoms with E-state index in [0.717, 1.165) is 18.4 Å². The van der Waals surface area contributed by atoms with Gasteiger partial charge in [-0.25, -0.2) is 0 Å². The van der Waals surface area contributed by atoms with Gasteiger partial charge >= 0.3 is 0 Å². The molecule has 0 aromatic heterocycles. The number of nitrogens with zero attached hydrogens (tertiary/aromatic N) is 2. The fraction of sp³-hybridized carbons (Fsp3) is 0.375. The van der Waals surface area contributed by atoms with E-state index in [1.165, 1.54) is 0 Å². The second-order valence-corrected chi connectivity index (χ2v) is 4.72. The van der Waals surface area contributed by atoms with Crippen LogP contribution in [0.15, 0.2) is 24.3 Å². The normalized spacial score (nSPS) is 13.0. The number of carbonyl (C=O) groups is 1. The van der Waals surface area contributed by atoms with E-state index in [9.17, 15) is 4.79 Å². The van der Waals surface area contributed by atoms with E-state index >= 15 is 0 Å². The number of nitrogens with two attached hydrogens (primary N) is 1. The third-order valence-electron chi connectivity index (χ3n) is 3.16. The Bertz CT molecular complexity index is 588. The number of rotatable bonds is 4. The minimum atomic E-state index is -0.0147. The monoisotopic (exact) mass is 267 g/mol. The zero-order valence-electron chi connectivity index (χ0n) is 11.3. The quantitative estimate of drug-likeness (QED) is 0.841. The molecule has 0 aliphatic heterocycles. The fourth-order valence-electron chi connectivity index (χ4n) is 2.06. The number of hydrogen-bond acceptors (Lipinski definition) is 3. The van der Waals surface area contributed by atoms with Crippen molar-refractivity contribution in [2.45, 2.75) is 25.3 Å². The first kappa shape index (κ1) is 14.1. The Morgan fingerprint density at radius 3 is 2.90 bits per heavy atom. The summed E-state index contributed by atoms with van der Waals surface area (Å²) in [5.41, 5.74) is 6.76. The molecule has 1 amide bonds. The fourth-order valence-corrected chi connectivity index (χ4v) is 2.06. The molecule has 0 heterocycles. The Kier molecular flexibility index (Phi) is 4.76. The number of carbonyl (C=O) groups excluding carboxylic acids is 1. The molecule has 1 aliphatic rings. The molecular formula is C16H17N3O. The molecule has 0 bridgehead atoms. The molecule has 1 aromatic carbocycles. The maximum absolute atomic E-state index is 12.5. The van der Waals surface area contributed by atoms with Gasteiger partial charge in [0.15, 0.2) is 0 Å². The van der Waals surface area contributed by atoms with E-state index in [-0.39, 0.29) is 5.91 Å². The first-order valence-electron chi connectivity index (χ1n) is 6.73. The molecule has 102 valence electrons. The molecule has 2 N–H and O–H groups in total. The van der Waals surface area contributed by atoms with Crippen LogP contribution in [0.3, 0.4) is 0 Å². The maximum atomic E-state index is 12.5. The van der Waals surface area contributed by atoms with Crippen LogP contribution in [0, 0.1) is 23.2 Å². The van der Waals surface area contributed by atoms with Gasteiger partial charge in [-0.05, 0) is 31.0 Å². The molecule has 4 heteroatoms. The van der Waals surface area contributed by atoms with Gasteiger partial charge in [0.2, 0.25) is 0 Å². The van der Waals surface area contributed by atoms with Crippen molar-refractivity contribution >= 4 is 5.91 Å². The largest absolute Gasteiger partial charge is 0.335 e. The summed E-state index contributed by atoms with van der Waals surface area (Å²) < 4.78 is 0. The van der Waals surface area contributed by atoms with Crippen LogP contribution in [0.1, 0.15) is 35.2 Å². The van der Waals surface area contributed by atoms with E-state index in [2.05, 4.69) is 17.9 Å². The number of nitriles is 1. The van der Waals surface area contributed by atoms with Gasteiger partial charge in [-0.15, -0.1) is 0 Å². The first-order chi connectivity index (χ1) is 9.76. The number of hydrogen-bond donors (Lipinski definition) is 1. The molecule has 0 atom stereocenters. The number of amides is 1. The van der Waals surface area contributed by atoms with Crippen molar-refractivity contribution in [2.24, 2.45) is 5.73 Å². The number of benzene rings is 1. The minimum Gasteiger partial charge on any atom is -0.335 e. The van der Waals surface area contributed by atoms with Gasteiger partial charge in [0, 0.05) is 23.7 Å². The average Bonchev–Trinajstić information content (AvgIpc) is 3.30. The summed E-state index contributed by atoms with van der Waals surface area (Å²) >= 11 is 0. The van der Waals surface area contributed by atoms with Crippen molar-refractivity contribution in [3.05, 3.63) is 35.4 Å². The van der Waals surface area contributed by atoms with Crippen molar-refractivity contribution in [1.29, 1.82) is 5.26 Å². The first-order valence-corrected chi connectivity index (χ1v) is 6.73. The van der Waals surface area contributed by atoms with Crippen molar-refractivity contribution in [2.75, 3.05) is 13.1 Å². The van der Waals surface area contributed by atoms with Gasteiger partial charge in [-0.3, -0.25) is 4.79 Å². The standard InChI is InChI=1S/C16H17N3O/c17-9-2-5-13-4-1-6-14(12-13)16(20)19(11-3-10-18)15-7-8-15/h1,4,6,12,15H,3,7-9,11,17H2. The molecule has 0 unspecified atom stereocenters. The molecule has 0 spiro atoms. The van der Waals surface area contributed by atoms with Gasteiger partial charge in [-0.1, -0.05) is 17.9 Å². The van der Waals surface area contributed by atoms with Crippen molar-refractivity contribution in [3.8, 4) is 17.9 Å². The summed E-state index contributed by atoms with van der Waals surface area (Å²) in [7, 11) is 0. The highest BCUT2D eigenvalue weighted by atomic mass is 16.2. The van der Waals surface area contributed by atoms with Crippen LogP contribution in [-0.4, -0.2) is 29.9 Å². The van der Waals surface area contributed by atoms with Crippen LogP contribution >= 0.6 is 0 Å². The van der Waals surface area contributed by atoms with E-state index in [4.69, 9.17) is 11.0 Å². The second-order valence-electron chi connectivity index (χ2n) is 4.72. The lowest BCUT2D eigenvalue weighted by Gasteiger charge is -2.21. The lowest BCUT2D eigenvalue weighted by atomic mass is 10.1. The summed E-state index contributed by atoms with van der Waals surface area (Å²) in [5.74, 6) is 5.69. The van der Waals surface area contributed by atoms with E-state index in [1.54, 1.807) is 17.0 Å². The summed E-state index contributed by atoms with van der Waals surface area (Å²) in [4.78, 5) is 14.3. The van der Waals surface area contributed by atoms with Crippen molar-refractivity contribution in [3.63, 3.8) is 0 Å². The molecule has 20 heavy (non-hydrogen) atoms. The maximum Gasteiger partial charge on any atom is 0.254 e. The summed E-state index contributed by atoms with van der Waals surface area (Å²) in [5, 5.41) is 8.69. The van der Waals surface area contributed by atoms with Gasteiger partial charge in [0.25, 0.3) is 5.91 Å². The molecular weight excluding hydrogens is 250 g/mol. The molecule has 0 radical (unpaired) electrons. The third-order valence-corrected chi connectivity index (χ3v) is 3.16. The predicted octanol–water partition coefficient (Wildman–Crippen LogP) is 1.52. The van der Waals surface area contributed by atoms with Crippen LogP contribution in [-0.2, 0) is 0 Å². The van der Waals surface area contributed by atoms with Gasteiger partial charge in [-0.2, -0.15) is 5.26 Å². The Morgan fingerprint density at radius 2 is 2.25 bits per heavy atom. The molecule has 1 saturated carbocycles. The van der Waals surface area contributed by atoms with Crippen molar-refractivity contribution < 1.29 is 4.79 Å². The molecule has 1 aromatic rings. The molecule has 0 saturated heterocycles. The van der Waals surface area contributed by atoms with E-state index in [1.807, 2.05) is 12.1 Å². The lowest BCUT2D eigenvalue weighted by molar-refractivity contribution is 0.0747. The third kappa shape index (κ3) is 3.60. The Morgan fingerprint density at radius 1 is 1.45 bits per heavy atom. The Balaban J connectivity index is 2.16. The zero-order valence-corrected chi connectivity index (χ0v) is 11.3. The highest BCUT2D eigenvalue weighted by Gasteiger charge is 2.32. The Labute approximate surface area is 119 Å². The minimum absolute atomic E-state index is 0.0147. The van der Waals surface area contributed by atoms with E-state index in [0.29, 0.717) is 31.1 Å².